The monoisotopic (exact) mass is 555 g/mol. The maximum absolute atomic E-state index is 14.5. The van der Waals surface area contributed by atoms with E-state index in [0.717, 1.165) is 6.07 Å². The molecule has 0 amide bonds. The fourth-order valence-electron chi connectivity index (χ4n) is 5.03. The van der Waals surface area contributed by atoms with E-state index in [1.54, 1.807) is 29.2 Å². The van der Waals surface area contributed by atoms with Crippen molar-refractivity contribution in [3.8, 4) is 11.5 Å². The number of anilines is 2. The van der Waals surface area contributed by atoms with E-state index in [4.69, 9.17) is 9.47 Å². The molecule has 4 rings (SSSR count). The Morgan fingerprint density at radius 2 is 1.77 bits per heavy atom. The molecular weight excluding hydrogens is 525 g/mol. The van der Waals surface area contributed by atoms with E-state index < -0.39 is 41.5 Å². The van der Waals surface area contributed by atoms with Gasteiger partial charge in [-0.05, 0) is 24.3 Å². The molecule has 212 valence electrons. The number of nitrogens with zero attached hydrogens (tertiary/aromatic N) is 3. The van der Waals surface area contributed by atoms with Crippen LogP contribution in [0.4, 0.5) is 33.3 Å². The van der Waals surface area contributed by atoms with Gasteiger partial charge in [-0.2, -0.15) is 18.3 Å². The summed E-state index contributed by atoms with van der Waals surface area (Å²) in [5.74, 6) is -2.90. The fourth-order valence-corrected chi connectivity index (χ4v) is 5.03. The number of hydrogen-bond donors (Lipinski definition) is 0. The van der Waals surface area contributed by atoms with Gasteiger partial charge in [-0.1, -0.05) is 13.8 Å². The zero-order chi connectivity index (χ0) is 28.5. The van der Waals surface area contributed by atoms with Gasteiger partial charge in [-0.3, -0.25) is 9.80 Å². The molecule has 1 saturated heterocycles. The molecule has 0 bridgehead atoms. The standard InChI is InChI=1S/C27H30F5N3O4/c1-15-14-34(22-12-19(37-3)11-20(28)25(22)29)10-9-23(15)39-18-7-5-17(6-8-18)35-21(13-24(36)38-4)16(2)26(33-35)27(30,31)32/h5-8,11-12,15-16,21,23H,9-10,13-14H2,1-4H3/t15-,16?,21?,23-/m1/s1. The number of esters is 1. The zero-order valence-electron chi connectivity index (χ0n) is 22.0. The first-order valence-electron chi connectivity index (χ1n) is 12.5. The highest BCUT2D eigenvalue weighted by Crippen LogP contribution is 2.37. The number of carbonyl (C=O) groups excluding carboxylic acids is 1. The van der Waals surface area contributed by atoms with Crippen LogP contribution in [-0.2, 0) is 9.53 Å². The normalized spacial score (nSPS) is 23.5. The lowest BCUT2D eigenvalue weighted by molar-refractivity contribution is -0.141. The Kier molecular flexibility index (Phi) is 8.22. The highest BCUT2D eigenvalue weighted by molar-refractivity contribution is 5.96. The maximum atomic E-state index is 14.5. The number of hydrazone groups is 1. The summed E-state index contributed by atoms with van der Waals surface area (Å²) in [5.41, 5.74) is -0.452. The van der Waals surface area contributed by atoms with E-state index >= 15 is 0 Å². The topological polar surface area (TPSA) is 63.6 Å². The number of alkyl halides is 3. The van der Waals surface area contributed by atoms with Crippen LogP contribution in [0.25, 0.3) is 0 Å². The average molecular weight is 556 g/mol. The van der Waals surface area contributed by atoms with Crippen molar-refractivity contribution in [3.05, 3.63) is 48.0 Å². The van der Waals surface area contributed by atoms with Crippen molar-refractivity contribution in [2.45, 2.75) is 45.0 Å². The molecule has 39 heavy (non-hydrogen) atoms. The van der Waals surface area contributed by atoms with Crippen LogP contribution in [0.15, 0.2) is 41.5 Å². The number of halogens is 5. The Morgan fingerprint density at radius 3 is 2.36 bits per heavy atom. The Bertz CT molecular complexity index is 1220. The Hall–Kier alpha value is -3.57. The minimum absolute atomic E-state index is 0.0464. The summed E-state index contributed by atoms with van der Waals surface area (Å²) >= 11 is 0. The first-order valence-corrected chi connectivity index (χ1v) is 12.5. The molecule has 0 saturated carbocycles. The first kappa shape index (κ1) is 28.4. The van der Waals surface area contributed by atoms with Gasteiger partial charge in [0.05, 0.1) is 38.1 Å². The number of methoxy groups -OCH3 is 2. The van der Waals surface area contributed by atoms with E-state index in [2.05, 4.69) is 9.84 Å². The van der Waals surface area contributed by atoms with Gasteiger partial charge < -0.3 is 19.1 Å². The first-order chi connectivity index (χ1) is 18.4. The minimum Gasteiger partial charge on any atom is -0.497 e. The van der Waals surface area contributed by atoms with Crippen molar-refractivity contribution < 1.29 is 41.0 Å². The smallest absolute Gasteiger partial charge is 0.431 e. The number of hydrogen-bond acceptors (Lipinski definition) is 7. The van der Waals surface area contributed by atoms with Crippen LogP contribution in [0.1, 0.15) is 26.7 Å². The van der Waals surface area contributed by atoms with Gasteiger partial charge in [-0.15, -0.1) is 0 Å². The van der Waals surface area contributed by atoms with Crippen molar-refractivity contribution in [3.63, 3.8) is 0 Å². The van der Waals surface area contributed by atoms with Gasteiger partial charge in [-0.25, -0.2) is 8.78 Å². The van der Waals surface area contributed by atoms with E-state index in [1.165, 1.54) is 32.2 Å². The Balaban J connectivity index is 1.45. The molecule has 2 heterocycles. The molecule has 2 aromatic carbocycles. The summed E-state index contributed by atoms with van der Waals surface area (Å²) in [6.45, 7) is 4.17. The second kappa shape index (κ2) is 11.3. The van der Waals surface area contributed by atoms with Gasteiger partial charge in [0.15, 0.2) is 11.6 Å². The summed E-state index contributed by atoms with van der Waals surface area (Å²) in [6.07, 6.45) is -4.58. The lowest BCUT2D eigenvalue weighted by Crippen LogP contribution is -2.44. The molecule has 0 N–H and O–H groups in total. The second-order valence-electron chi connectivity index (χ2n) is 9.77. The molecular formula is C27H30F5N3O4. The summed E-state index contributed by atoms with van der Waals surface area (Å²) in [6, 6.07) is 8.04. The molecule has 0 aliphatic carbocycles. The largest absolute Gasteiger partial charge is 0.497 e. The lowest BCUT2D eigenvalue weighted by Gasteiger charge is -2.38. The summed E-state index contributed by atoms with van der Waals surface area (Å²) in [7, 11) is 2.57. The highest BCUT2D eigenvalue weighted by atomic mass is 19.4. The highest BCUT2D eigenvalue weighted by Gasteiger charge is 2.49. The molecule has 4 atom stereocenters. The molecule has 1 fully saturated rings. The van der Waals surface area contributed by atoms with E-state index in [1.807, 2.05) is 6.92 Å². The van der Waals surface area contributed by atoms with Gasteiger partial charge in [0.1, 0.15) is 23.3 Å². The van der Waals surface area contributed by atoms with Crippen LogP contribution in [0.5, 0.6) is 11.5 Å². The SMILES string of the molecule is COC(=O)CC1C(C)C(C(F)(F)F)=NN1c1ccc(O[C@@H]2CCN(c3cc(OC)cc(F)c3F)C[C@H]2C)cc1. The molecule has 2 aliphatic heterocycles. The third-order valence-corrected chi connectivity index (χ3v) is 7.21. The van der Waals surface area contributed by atoms with E-state index in [9.17, 15) is 26.7 Å². The second-order valence-corrected chi connectivity index (χ2v) is 9.77. The van der Waals surface area contributed by atoms with Crippen molar-refractivity contribution >= 4 is 23.1 Å². The Morgan fingerprint density at radius 1 is 1.08 bits per heavy atom. The van der Waals surface area contributed by atoms with Crippen molar-refractivity contribution in [2.24, 2.45) is 16.9 Å². The predicted molar refractivity (Wildman–Crippen MR) is 135 cm³/mol. The lowest BCUT2D eigenvalue weighted by atomic mass is 9.94. The van der Waals surface area contributed by atoms with Gasteiger partial charge in [0, 0.05) is 43.5 Å². The van der Waals surface area contributed by atoms with Crippen LogP contribution in [-0.4, -0.2) is 57.3 Å². The average Bonchev–Trinajstić information content (AvgIpc) is 3.23. The molecule has 7 nitrogen and oxygen atoms in total. The van der Waals surface area contributed by atoms with Crippen molar-refractivity contribution in [1.29, 1.82) is 0 Å². The number of carbonyl (C=O) groups is 1. The van der Waals surface area contributed by atoms with E-state index in [-0.39, 0.29) is 29.9 Å². The Labute approximate surface area is 223 Å². The molecule has 0 spiro atoms. The third kappa shape index (κ3) is 6.04. The molecule has 0 radical (unpaired) electrons. The quantitative estimate of drug-likeness (QED) is 0.329. The summed E-state index contributed by atoms with van der Waals surface area (Å²) in [5, 5.41) is 5.01. The van der Waals surface area contributed by atoms with Gasteiger partial charge >= 0.3 is 12.1 Å². The molecule has 0 aromatic heterocycles. The predicted octanol–water partition coefficient (Wildman–Crippen LogP) is 5.57. The zero-order valence-corrected chi connectivity index (χ0v) is 22.0. The molecule has 2 unspecified atom stereocenters. The van der Waals surface area contributed by atoms with Crippen LogP contribution in [0.2, 0.25) is 0 Å². The van der Waals surface area contributed by atoms with Gasteiger partial charge in [0.25, 0.3) is 0 Å². The molecule has 2 aliphatic rings. The van der Waals surface area contributed by atoms with E-state index in [0.29, 0.717) is 30.9 Å². The number of ether oxygens (including phenoxy) is 3. The van der Waals surface area contributed by atoms with Crippen molar-refractivity contribution in [2.75, 3.05) is 37.2 Å². The summed E-state index contributed by atoms with van der Waals surface area (Å²) < 4.78 is 84.9. The van der Waals surface area contributed by atoms with Crippen LogP contribution >= 0.6 is 0 Å². The third-order valence-electron chi connectivity index (χ3n) is 7.21. The maximum Gasteiger partial charge on any atom is 0.431 e. The number of benzene rings is 2. The minimum atomic E-state index is -4.63. The van der Waals surface area contributed by atoms with Gasteiger partial charge in [0.2, 0.25) is 0 Å². The van der Waals surface area contributed by atoms with Crippen LogP contribution in [0, 0.1) is 23.5 Å². The molecule has 2 aromatic rings. The number of piperidine rings is 1. The van der Waals surface area contributed by atoms with Crippen LogP contribution < -0.4 is 19.4 Å². The number of rotatable bonds is 7. The fraction of sp³-hybridized carbons (Fsp3) is 0.481. The molecule has 12 heteroatoms. The van der Waals surface area contributed by atoms with Crippen LogP contribution in [0.3, 0.4) is 0 Å². The van der Waals surface area contributed by atoms with Crippen molar-refractivity contribution in [1.82, 2.24) is 0 Å². The summed E-state index contributed by atoms with van der Waals surface area (Å²) in [4.78, 5) is 13.6.